The fraction of sp³-hybridized carbons (Fsp3) is 0.318. The van der Waals surface area contributed by atoms with Crippen LogP contribution in [0.15, 0.2) is 41.3 Å². The van der Waals surface area contributed by atoms with Gasteiger partial charge in [-0.2, -0.15) is 0 Å². The third kappa shape index (κ3) is 4.84. The zero-order valence-electron chi connectivity index (χ0n) is 18.4. The second-order valence-electron chi connectivity index (χ2n) is 7.85. The molecule has 0 unspecified atom stereocenters. The second-order valence-corrected chi connectivity index (χ2v) is 10.9. The van der Waals surface area contributed by atoms with E-state index in [1.807, 2.05) is 12.1 Å². The first-order chi connectivity index (χ1) is 14.5. The quantitative estimate of drug-likeness (QED) is 0.589. The molecule has 1 amide bonds. The lowest BCUT2D eigenvalue weighted by atomic mass is 10.0. The van der Waals surface area contributed by atoms with Crippen LogP contribution in [0.4, 0.5) is 5.13 Å². The molecule has 3 rings (SSSR count). The van der Waals surface area contributed by atoms with E-state index in [4.69, 9.17) is 0 Å². The monoisotopic (exact) mass is 458 g/mol. The van der Waals surface area contributed by atoms with Gasteiger partial charge in [0.15, 0.2) is 0 Å². The van der Waals surface area contributed by atoms with Crippen molar-refractivity contribution in [3.63, 3.8) is 0 Å². The van der Waals surface area contributed by atoms with Crippen molar-refractivity contribution in [3.8, 4) is 10.6 Å². The van der Waals surface area contributed by atoms with Crippen molar-refractivity contribution >= 4 is 32.4 Å². The molecule has 0 fully saturated rings. The van der Waals surface area contributed by atoms with Crippen LogP contribution in [-0.2, 0) is 10.0 Å². The highest BCUT2D eigenvalue weighted by Gasteiger charge is 2.23. The van der Waals surface area contributed by atoms with E-state index in [-0.39, 0.29) is 10.5 Å². The van der Waals surface area contributed by atoms with Gasteiger partial charge in [0.2, 0.25) is 15.2 Å². The zero-order chi connectivity index (χ0) is 22.9. The molecule has 0 bridgehead atoms. The Kier molecular flexibility index (Phi) is 6.59. The molecule has 7 nitrogen and oxygen atoms in total. The van der Waals surface area contributed by atoms with E-state index in [2.05, 4.69) is 41.5 Å². The number of carbonyl (C=O) groups excluding carboxylic acids is 1. The van der Waals surface area contributed by atoms with Gasteiger partial charge in [-0.05, 0) is 48.6 Å². The summed E-state index contributed by atoms with van der Waals surface area (Å²) in [5.74, 6) is 0.00801. The predicted molar refractivity (Wildman–Crippen MR) is 124 cm³/mol. The van der Waals surface area contributed by atoms with Crippen molar-refractivity contribution in [3.05, 3.63) is 58.7 Å². The molecule has 0 saturated carbocycles. The highest BCUT2D eigenvalue weighted by atomic mass is 32.2. The van der Waals surface area contributed by atoms with Crippen molar-refractivity contribution in [2.75, 3.05) is 19.4 Å². The Balaban J connectivity index is 1.85. The Morgan fingerprint density at radius 2 is 1.71 bits per heavy atom. The number of aromatic nitrogens is 2. The van der Waals surface area contributed by atoms with E-state index in [9.17, 15) is 13.2 Å². The third-order valence-corrected chi connectivity index (χ3v) is 7.94. The summed E-state index contributed by atoms with van der Waals surface area (Å²) in [4.78, 5) is 12.9. The minimum absolute atomic E-state index is 0.117. The second kappa shape index (κ2) is 8.86. The van der Waals surface area contributed by atoms with Crippen LogP contribution < -0.4 is 5.32 Å². The van der Waals surface area contributed by atoms with E-state index in [1.165, 1.54) is 37.1 Å². The summed E-state index contributed by atoms with van der Waals surface area (Å²) in [5, 5.41) is 12.0. The fourth-order valence-corrected chi connectivity index (χ4v) is 4.95. The Labute approximate surface area is 187 Å². The number of nitrogens with one attached hydrogen (secondary N) is 1. The Morgan fingerprint density at radius 3 is 2.29 bits per heavy atom. The van der Waals surface area contributed by atoms with Crippen LogP contribution in [0.25, 0.3) is 10.6 Å². The predicted octanol–water partition coefficient (Wildman–Crippen LogP) is 4.45. The number of aryl methyl sites for hydroxylation is 1. The van der Waals surface area contributed by atoms with E-state index < -0.39 is 15.9 Å². The Bertz CT molecular complexity index is 1210. The maximum Gasteiger partial charge on any atom is 0.257 e. The highest BCUT2D eigenvalue weighted by molar-refractivity contribution is 7.89. The number of nitrogens with zero attached hydrogens (tertiary/aromatic N) is 3. The third-order valence-electron chi connectivity index (χ3n) is 5.11. The number of carbonyl (C=O) groups is 1. The van der Waals surface area contributed by atoms with Gasteiger partial charge in [-0.3, -0.25) is 10.1 Å². The van der Waals surface area contributed by atoms with Gasteiger partial charge < -0.3 is 0 Å². The first-order valence-corrected chi connectivity index (χ1v) is 12.1. The number of benzene rings is 2. The van der Waals surface area contributed by atoms with E-state index in [1.54, 1.807) is 19.9 Å². The van der Waals surface area contributed by atoms with Gasteiger partial charge in [0.25, 0.3) is 5.91 Å². The van der Waals surface area contributed by atoms with Gasteiger partial charge in [-0.25, -0.2) is 12.7 Å². The van der Waals surface area contributed by atoms with Crippen molar-refractivity contribution < 1.29 is 13.2 Å². The smallest absolute Gasteiger partial charge is 0.257 e. The molecule has 3 aromatic rings. The minimum Gasteiger partial charge on any atom is -0.296 e. The topological polar surface area (TPSA) is 92.3 Å². The molecule has 164 valence electrons. The molecule has 0 aliphatic heterocycles. The van der Waals surface area contributed by atoms with Gasteiger partial charge in [0, 0.05) is 25.2 Å². The lowest BCUT2D eigenvalue weighted by Gasteiger charge is -2.16. The van der Waals surface area contributed by atoms with Crippen LogP contribution in [0.5, 0.6) is 0 Å². The maximum atomic E-state index is 12.8. The molecular formula is C22H26N4O3S2. The number of hydrogen-bond acceptors (Lipinski definition) is 6. The molecule has 9 heteroatoms. The number of amides is 1. The summed E-state index contributed by atoms with van der Waals surface area (Å²) in [5.41, 5.74) is 3.75. The zero-order valence-corrected chi connectivity index (χ0v) is 20.1. The SMILES string of the molecule is Cc1cc(C(=O)Nc2nnc(-c3ccc(C(C)C)cc3)s2)cc(S(=O)(=O)N(C)C)c1C. The molecule has 2 aromatic carbocycles. The molecule has 0 atom stereocenters. The standard InChI is InChI=1S/C22H26N4O3S2/c1-13(2)16-7-9-17(10-8-16)21-24-25-22(30-21)23-20(27)18-11-14(3)15(4)19(12-18)31(28,29)26(5)6/h7-13H,1-6H3,(H,23,25,27). The van der Waals surface area contributed by atoms with Crippen LogP contribution in [0, 0.1) is 13.8 Å². The van der Waals surface area contributed by atoms with E-state index in [0.717, 1.165) is 15.4 Å². The summed E-state index contributed by atoms with van der Waals surface area (Å²) < 4.78 is 26.4. The maximum absolute atomic E-state index is 12.8. The van der Waals surface area contributed by atoms with Crippen LogP contribution in [-0.4, -0.2) is 42.9 Å². The molecule has 0 aliphatic carbocycles. The van der Waals surface area contributed by atoms with Crippen LogP contribution in [0.3, 0.4) is 0 Å². The number of rotatable bonds is 6. The summed E-state index contributed by atoms with van der Waals surface area (Å²) in [6.07, 6.45) is 0. The average Bonchev–Trinajstić information content (AvgIpc) is 3.18. The highest BCUT2D eigenvalue weighted by Crippen LogP contribution is 2.29. The molecule has 0 spiro atoms. The number of anilines is 1. The lowest BCUT2D eigenvalue weighted by molar-refractivity contribution is 0.102. The largest absolute Gasteiger partial charge is 0.296 e. The lowest BCUT2D eigenvalue weighted by Crippen LogP contribution is -2.24. The van der Waals surface area contributed by atoms with E-state index in [0.29, 0.717) is 21.6 Å². The summed E-state index contributed by atoms with van der Waals surface area (Å²) >= 11 is 1.26. The minimum atomic E-state index is -3.67. The van der Waals surface area contributed by atoms with Crippen molar-refractivity contribution in [1.82, 2.24) is 14.5 Å². The number of sulfonamides is 1. The molecule has 1 N–H and O–H groups in total. The van der Waals surface area contributed by atoms with Gasteiger partial charge in [-0.15, -0.1) is 10.2 Å². The van der Waals surface area contributed by atoms with Gasteiger partial charge in [0.05, 0.1) is 4.90 Å². The molecule has 0 radical (unpaired) electrons. The van der Waals surface area contributed by atoms with Crippen molar-refractivity contribution in [2.24, 2.45) is 0 Å². The molecule has 1 heterocycles. The van der Waals surface area contributed by atoms with Gasteiger partial charge >= 0.3 is 0 Å². The average molecular weight is 459 g/mol. The molecule has 31 heavy (non-hydrogen) atoms. The molecular weight excluding hydrogens is 432 g/mol. The normalized spacial score (nSPS) is 11.9. The summed E-state index contributed by atoms with van der Waals surface area (Å²) in [7, 11) is -0.741. The van der Waals surface area contributed by atoms with Gasteiger partial charge in [-0.1, -0.05) is 49.4 Å². The Morgan fingerprint density at radius 1 is 1.06 bits per heavy atom. The molecule has 1 aromatic heterocycles. The first-order valence-electron chi connectivity index (χ1n) is 9.79. The number of hydrogen-bond donors (Lipinski definition) is 1. The van der Waals surface area contributed by atoms with Crippen molar-refractivity contribution in [1.29, 1.82) is 0 Å². The van der Waals surface area contributed by atoms with E-state index >= 15 is 0 Å². The van der Waals surface area contributed by atoms with Crippen LogP contribution in [0.2, 0.25) is 0 Å². The van der Waals surface area contributed by atoms with Gasteiger partial charge in [0.1, 0.15) is 5.01 Å². The molecule has 0 aliphatic rings. The summed E-state index contributed by atoms with van der Waals surface area (Å²) in [6, 6.07) is 11.2. The van der Waals surface area contributed by atoms with Crippen LogP contribution in [0.1, 0.15) is 46.8 Å². The van der Waals surface area contributed by atoms with Crippen molar-refractivity contribution in [2.45, 2.75) is 38.5 Å². The Hall–Kier alpha value is -2.62. The molecule has 0 saturated heterocycles. The summed E-state index contributed by atoms with van der Waals surface area (Å²) in [6.45, 7) is 7.78. The van der Waals surface area contributed by atoms with Crippen LogP contribution >= 0.6 is 11.3 Å². The first kappa shape index (κ1) is 23.1. The fourth-order valence-electron chi connectivity index (χ4n) is 2.99.